The zero-order valence-electron chi connectivity index (χ0n) is 10.6. The molecule has 1 heterocycles. The first kappa shape index (κ1) is 14.8. The van der Waals surface area contributed by atoms with E-state index >= 15 is 0 Å². The smallest absolute Gasteiger partial charge is 0.233 e. The van der Waals surface area contributed by atoms with Crippen molar-refractivity contribution in [2.45, 2.75) is 6.42 Å². The van der Waals surface area contributed by atoms with Crippen LogP contribution in [-0.4, -0.2) is 19.2 Å². The third-order valence-electron chi connectivity index (χ3n) is 2.61. The van der Waals surface area contributed by atoms with E-state index in [0.717, 1.165) is 5.69 Å². The van der Waals surface area contributed by atoms with Crippen molar-refractivity contribution in [1.82, 2.24) is 4.98 Å². The molecular formula is C13H14BrN3O2S. The molecule has 0 amide bonds. The van der Waals surface area contributed by atoms with Crippen LogP contribution in [0.5, 0.6) is 0 Å². The van der Waals surface area contributed by atoms with E-state index < -0.39 is 10.0 Å². The summed E-state index contributed by atoms with van der Waals surface area (Å²) < 4.78 is 27.2. The van der Waals surface area contributed by atoms with Gasteiger partial charge in [0.05, 0.1) is 11.4 Å². The average Bonchev–Trinajstić information content (AvgIpc) is 2.42. The number of hydrogen-bond donors (Lipinski definition) is 2. The standard InChI is InChI=1S/C13H14BrN3O2S/c14-12-5-4-10(15)9-13(12)17-20(18,19)8-6-11-3-1-2-7-16-11/h1-5,7,9,17H,6,8,15H2. The zero-order chi connectivity index (χ0) is 14.6. The Hall–Kier alpha value is -1.60. The molecule has 0 saturated heterocycles. The van der Waals surface area contributed by atoms with Crippen LogP contribution < -0.4 is 10.5 Å². The Kier molecular flexibility index (Phi) is 4.61. The highest BCUT2D eigenvalue weighted by molar-refractivity contribution is 9.10. The van der Waals surface area contributed by atoms with Gasteiger partial charge in [0, 0.05) is 28.5 Å². The molecule has 106 valence electrons. The number of sulfonamides is 1. The van der Waals surface area contributed by atoms with Crippen LogP contribution in [0.2, 0.25) is 0 Å². The number of pyridine rings is 1. The van der Waals surface area contributed by atoms with Gasteiger partial charge in [0.25, 0.3) is 0 Å². The van der Waals surface area contributed by atoms with Crippen LogP contribution in [0.4, 0.5) is 11.4 Å². The number of nitrogens with zero attached hydrogens (tertiary/aromatic N) is 1. The quantitative estimate of drug-likeness (QED) is 0.806. The average molecular weight is 356 g/mol. The predicted octanol–water partition coefficient (Wildman–Crippen LogP) is 2.41. The Morgan fingerprint density at radius 3 is 2.75 bits per heavy atom. The molecule has 0 aliphatic heterocycles. The van der Waals surface area contributed by atoms with E-state index in [-0.39, 0.29) is 5.75 Å². The summed E-state index contributed by atoms with van der Waals surface area (Å²) in [5.74, 6) is -0.0365. The summed E-state index contributed by atoms with van der Waals surface area (Å²) in [6.45, 7) is 0. The molecule has 1 aromatic heterocycles. The lowest BCUT2D eigenvalue weighted by Gasteiger charge is -2.10. The summed E-state index contributed by atoms with van der Waals surface area (Å²) in [4.78, 5) is 4.10. The topological polar surface area (TPSA) is 85.1 Å². The predicted molar refractivity (Wildman–Crippen MR) is 83.9 cm³/mol. The first-order chi connectivity index (χ1) is 9.46. The fraction of sp³-hybridized carbons (Fsp3) is 0.154. The molecular weight excluding hydrogens is 342 g/mol. The van der Waals surface area contributed by atoms with Crippen LogP contribution in [-0.2, 0) is 16.4 Å². The van der Waals surface area contributed by atoms with E-state index in [1.807, 2.05) is 6.07 Å². The van der Waals surface area contributed by atoms with Crippen molar-refractivity contribution in [3.63, 3.8) is 0 Å². The molecule has 0 fully saturated rings. The first-order valence-corrected chi connectivity index (χ1v) is 8.36. The highest BCUT2D eigenvalue weighted by Crippen LogP contribution is 2.25. The van der Waals surface area contributed by atoms with Crippen molar-refractivity contribution in [3.05, 3.63) is 52.8 Å². The van der Waals surface area contributed by atoms with Gasteiger partial charge in [0.2, 0.25) is 10.0 Å². The van der Waals surface area contributed by atoms with Crippen LogP contribution in [0, 0.1) is 0 Å². The fourth-order valence-electron chi connectivity index (χ4n) is 1.62. The molecule has 0 bridgehead atoms. The lowest BCUT2D eigenvalue weighted by molar-refractivity contribution is 0.600. The maximum atomic E-state index is 12.0. The van der Waals surface area contributed by atoms with Crippen molar-refractivity contribution < 1.29 is 8.42 Å². The van der Waals surface area contributed by atoms with Crippen LogP contribution in [0.15, 0.2) is 47.1 Å². The Labute approximate surface area is 126 Å². The van der Waals surface area contributed by atoms with Gasteiger partial charge in [-0.3, -0.25) is 9.71 Å². The van der Waals surface area contributed by atoms with Crippen molar-refractivity contribution in [3.8, 4) is 0 Å². The number of hydrogen-bond acceptors (Lipinski definition) is 4. The Morgan fingerprint density at radius 1 is 1.25 bits per heavy atom. The Morgan fingerprint density at radius 2 is 2.05 bits per heavy atom. The molecule has 0 atom stereocenters. The maximum absolute atomic E-state index is 12.0. The molecule has 20 heavy (non-hydrogen) atoms. The van der Waals surface area contributed by atoms with Gasteiger partial charge in [-0.05, 0) is 46.3 Å². The molecule has 3 N–H and O–H groups in total. The lowest BCUT2D eigenvalue weighted by Crippen LogP contribution is -2.18. The minimum absolute atomic E-state index is 0.0365. The highest BCUT2D eigenvalue weighted by atomic mass is 79.9. The highest BCUT2D eigenvalue weighted by Gasteiger charge is 2.13. The molecule has 0 saturated carbocycles. The van der Waals surface area contributed by atoms with E-state index in [1.165, 1.54) is 0 Å². The molecule has 2 rings (SSSR count). The van der Waals surface area contributed by atoms with Gasteiger partial charge in [-0.25, -0.2) is 8.42 Å². The fourth-order valence-corrected chi connectivity index (χ4v) is 3.19. The molecule has 7 heteroatoms. The van der Waals surface area contributed by atoms with Gasteiger partial charge in [-0.15, -0.1) is 0 Å². The summed E-state index contributed by atoms with van der Waals surface area (Å²) in [5, 5.41) is 0. The SMILES string of the molecule is Nc1ccc(Br)c(NS(=O)(=O)CCc2ccccn2)c1. The summed E-state index contributed by atoms with van der Waals surface area (Å²) in [6, 6.07) is 10.4. The molecule has 0 unspecified atom stereocenters. The lowest BCUT2D eigenvalue weighted by atomic mass is 10.3. The number of nitrogens with one attached hydrogen (secondary N) is 1. The number of nitrogens with two attached hydrogens (primary N) is 1. The van der Waals surface area contributed by atoms with Gasteiger partial charge in [0.15, 0.2) is 0 Å². The van der Waals surface area contributed by atoms with Crippen LogP contribution in [0.1, 0.15) is 5.69 Å². The number of benzene rings is 1. The third-order valence-corrected chi connectivity index (χ3v) is 4.57. The van der Waals surface area contributed by atoms with Gasteiger partial charge < -0.3 is 5.73 Å². The number of nitrogen functional groups attached to an aromatic ring is 1. The molecule has 0 aliphatic rings. The Balaban J connectivity index is 2.06. The van der Waals surface area contributed by atoms with Gasteiger partial charge in [0.1, 0.15) is 0 Å². The minimum atomic E-state index is -3.45. The van der Waals surface area contributed by atoms with Crippen molar-refractivity contribution >= 4 is 37.3 Å². The molecule has 1 aromatic carbocycles. The summed E-state index contributed by atoms with van der Waals surface area (Å²) >= 11 is 3.28. The second-order valence-electron chi connectivity index (χ2n) is 4.23. The number of aryl methyl sites for hydroxylation is 1. The normalized spacial score (nSPS) is 11.2. The van der Waals surface area contributed by atoms with Crippen molar-refractivity contribution in [1.29, 1.82) is 0 Å². The van der Waals surface area contributed by atoms with E-state index in [9.17, 15) is 8.42 Å². The summed E-state index contributed by atoms with van der Waals surface area (Å²) in [5.41, 5.74) is 7.32. The zero-order valence-corrected chi connectivity index (χ0v) is 13.0. The monoisotopic (exact) mass is 355 g/mol. The van der Waals surface area contributed by atoms with Gasteiger partial charge >= 0.3 is 0 Å². The molecule has 0 aliphatic carbocycles. The minimum Gasteiger partial charge on any atom is -0.399 e. The molecule has 0 spiro atoms. The second-order valence-corrected chi connectivity index (χ2v) is 6.93. The van der Waals surface area contributed by atoms with Gasteiger partial charge in [-0.1, -0.05) is 6.07 Å². The van der Waals surface area contributed by atoms with Crippen molar-refractivity contribution in [2.75, 3.05) is 16.2 Å². The van der Waals surface area contributed by atoms with Crippen LogP contribution in [0.3, 0.4) is 0 Å². The second kappa shape index (κ2) is 6.23. The molecule has 5 nitrogen and oxygen atoms in total. The van der Waals surface area contributed by atoms with Crippen LogP contribution >= 0.6 is 15.9 Å². The van der Waals surface area contributed by atoms with E-state index in [1.54, 1.807) is 36.5 Å². The maximum Gasteiger partial charge on any atom is 0.233 e. The molecule has 0 radical (unpaired) electrons. The number of aromatic nitrogens is 1. The number of halogens is 1. The molecule has 2 aromatic rings. The third kappa shape index (κ3) is 4.21. The number of rotatable bonds is 5. The summed E-state index contributed by atoms with van der Waals surface area (Å²) in [7, 11) is -3.45. The largest absolute Gasteiger partial charge is 0.399 e. The van der Waals surface area contributed by atoms with Crippen molar-refractivity contribution in [2.24, 2.45) is 0 Å². The van der Waals surface area contributed by atoms with E-state index in [2.05, 4.69) is 25.6 Å². The van der Waals surface area contributed by atoms with Crippen LogP contribution in [0.25, 0.3) is 0 Å². The number of anilines is 2. The first-order valence-electron chi connectivity index (χ1n) is 5.92. The van der Waals surface area contributed by atoms with Gasteiger partial charge in [-0.2, -0.15) is 0 Å². The Bertz CT molecular complexity index is 690. The summed E-state index contributed by atoms with van der Waals surface area (Å²) in [6.07, 6.45) is 2.00. The van der Waals surface area contributed by atoms with E-state index in [4.69, 9.17) is 5.73 Å². The van der Waals surface area contributed by atoms with E-state index in [0.29, 0.717) is 22.3 Å².